The zero-order chi connectivity index (χ0) is 49.5. The Morgan fingerprint density at radius 3 is 1.56 bits per heavy atom. The normalized spacial score (nSPS) is 56.4. The van der Waals surface area contributed by atoms with Gasteiger partial charge in [-0.25, -0.2) is 0 Å². The molecule has 3 N–H and O–H groups in total. The molecule has 8 aliphatic carbocycles. The van der Waals surface area contributed by atoms with Gasteiger partial charge in [-0.05, 0) is 215 Å². The van der Waals surface area contributed by atoms with Crippen LogP contribution in [0.25, 0.3) is 0 Å². The minimum Gasteiger partial charge on any atom is -0.353 e. The van der Waals surface area contributed by atoms with E-state index < -0.39 is 0 Å². The number of fused-ring (bicyclic) bond motifs is 14. The molecule has 13 fully saturated rings. The van der Waals surface area contributed by atoms with Crippen molar-refractivity contribution < 1.29 is 23.7 Å². The average molecular weight is 986 g/mol. The number of piperazine rings is 1. The largest absolute Gasteiger partial charge is 0.353 e. The standard InChI is InChI=1S/C35H59N3O3.C27H45NO2/c1-23-8-14-35(40-22-23)24(2)32-30(41-35)21-29-27-7-6-25-20-26(9-12-33(25,3)28(27)10-13-34(29,32)4)36-31(39)11-15-38-18-16-37(5)17-19-38;1-16-7-12-27(29-15-16)17(2)24-23(30-27)14-22-20-6-5-18-13-19(28)8-10-25(18,3)21(20)9-11-26(22,24)4/h23-30,32H,6-22H2,1-5H3,(H,36,39);16-24H,5-15,28H2,1-4H3/t23-,24-,25+,26?,27+,28-,29-,30-,32-,33-,34-,35+;16-,17-,18+,19?,20+,21-,22-,23-,24-,25-,26-,27+/m00/s1. The molecule has 1 amide bonds. The number of nitrogens with one attached hydrogen (secondary N) is 1. The fourth-order valence-corrected chi connectivity index (χ4v) is 22.3. The molecular formula is C62H104N4O5. The van der Waals surface area contributed by atoms with Crippen molar-refractivity contribution in [3.8, 4) is 0 Å². The number of hydrogen-bond acceptors (Lipinski definition) is 8. The summed E-state index contributed by atoms with van der Waals surface area (Å²) in [6, 6.07) is 0.843. The first kappa shape index (κ1) is 51.0. The van der Waals surface area contributed by atoms with E-state index in [0.717, 1.165) is 106 Å². The molecule has 5 heterocycles. The first-order valence-corrected chi connectivity index (χ1v) is 31.0. The van der Waals surface area contributed by atoms with E-state index in [1.807, 2.05) is 0 Å². The summed E-state index contributed by atoms with van der Waals surface area (Å²) in [5.41, 5.74) is 8.25. The first-order valence-electron chi connectivity index (χ1n) is 31.0. The average Bonchev–Trinajstić information content (AvgIpc) is 4.01. The number of nitrogens with zero attached hydrogens (tertiary/aromatic N) is 2. The van der Waals surface area contributed by atoms with E-state index in [9.17, 15) is 4.79 Å². The third-order valence-corrected chi connectivity index (χ3v) is 26.5. The summed E-state index contributed by atoms with van der Waals surface area (Å²) in [6.45, 7) is 27.3. The number of hydrogen-bond donors (Lipinski definition) is 2. The molecule has 0 radical (unpaired) electrons. The fraction of sp³-hybridized carbons (Fsp3) is 0.984. The van der Waals surface area contributed by atoms with Gasteiger partial charge in [-0.2, -0.15) is 0 Å². The van der Waals surface area contributed by atoms with Gasteiger partial charge < -0.3 is 39.8 Å². The Labute approximate surface area is 432 Å². The van der Waals surface area contributed by atoms with Gasteiger partial charge in [-0.3, -0.25) is 4.79 Å². The van der Waals surface area contributed by atoms with Crippen molar-refractivity contribution in [2.75, 3.05) is 53.0 Å². The first-order chi connectivity index (χ1) is 33.9. The molecule has 13 aliphatic rings. The second kappa shape index (κ2) is 18.7. The molecule has 13 rings (SSSR count). The highest BCUT2D eigenvalue weighted by Crippen LogP contribution is 2.73. The van der Waals surface area contributed by atoms with Crippen molar-refractivity contribution in [3.63, 3.8) is 0 Å². The van der Waals surface area contributed by atoms with Crippen molar-refractivity contribution in [1.82, 2.24) is 15.1 Å². The molecule has 8 saturated carbocycles. The molecular weight excluding hydrogens is 881 g/mol. The molecule has 24 atom stereocenters. The van der Waals surface area contributed by atoms with Crippen LogP contribution in [0.1, 0.15) is 190 Å². The third kappa shape index (κ3) is 8.28. The van der Waals surface area contributed by atoms with Gasteiger partial charge >= 0.3 is 0 Å². The quantitative estimate of drug-likeness (QED) is 0.287. The summed E-state index contributed by atoms with van der Waals surface area (Å²) < 4.78 is 26.9. The van der Waals surface area contributed by atoms with Crippen LogP contribution in [-0.4, -0.2) is 105 Å². The van der Waals surface area contributed by atoms with Gasteiger partial charge in [0, 0.05) is 75.9 Å². The predicted octanol–water partition coefficient (Wildman–Crippen LogP) is 11.3. The summed E-state index contributed by atoms with van der Waals surface area (Å²) in [4.78, 5) is 17.8. The zero-order valence-corrected chi connectivity index (χ0v) is 46.7. The smallest absolute Gasteiger partial charge is 0.221 e. The van der Waals surface area contributed by atoms with E-state index in [1.165, 1.54) is 116 Å². The Bertz CT molecular complexity index is 1930. The van der Waals surface area contributed by atoms with Crippen LogP contribution in [0.5, 0.6) is 0 Å². The van der Waals surface area contributed by atoms with Crippen LogP contribution in [0.15, 0.2) is 0 Å². The number of carbonyl (C=O) groups is 1. The molecule has 2 spiro atoms. The van der Waals surface area contributed by atoms with E-state index in [-0.39, 0.29) is 17.5 Å². The van der Waals surface area contributed by atoms with Gasteiger partial charge in [-0.15, -0.1) is 0 Å². The highest BCUT2D eigenvalue weighted by Gasteiger charge is 2.71. The van der Waals surface area contributed by atoms with Crippen molar-refractivity contribution >= 4 is 5.91 Å². The van der Waals surface area contributed by atoms with E-state index in [0.29, 0.717) is 87.9 Å². The van der Waals surface area contributed by atoms with Gasteiger partial charge in [0.15, 0.2) is 11.6 Å². The maximum absolute atomic E-state index is 12.9. The molecule has 0 aromatic heterocycles. The lowest BCUT2D eigenvalue weighted by Gasteiger charge is -2.61. The Morgan fingerprint density at radius 1 is 0.563 bits per heavy atom. The second-order valence-corrected chi connectivity index (χ2v) is 29.8. The lowest BCUT2D eigenvalue weighted by molar-refractivity contribution is -0.273. The summed E-state index contributed by atoms with van der Waals surface area (Å²) in [7, 11) is 2.19. The predicted molar refractivity (Wildman–Crippen MR) is 282 cm³/mol. The molecule has 71 heavy (non-hydrogen) atoms. The third-order valence-electron chi connectivity index (χ3n) is 26.5. The molecule has 0 bridgehead atoms. The lowest BCUT2D eigenvalue weighted by Crippen LogP contribution is -2.56. The van der Waals surface area contributed by atoms with Gasteiger partial charge in [0.2, 0.25) is 5.91 Å². The Morgan fingerprint density at radius 2 is 1.06 bits per heavy atom. The number of ether oxygens (including phenoxy) is 4. The van der Waals surface area contributed by atoms with Crippen LogP contribution in [-0.2, 0) is 23.7 Å². The molecule has 5 aliphatic heterocycles. The molecule has 2 unspecified atom stereocenters. The van der Waals surface area contributed by atoms with Gasteiger partial charge in [0.25, 0.3) is 0 Å². The van der Waals surface area contributed by atoms with E-state index in [2.05, 4.69) is 77.6 Å². The fourth-order valence-electron chi connectivity index (χ4n) is 22.3. The number of rotatable bonds is 4. The van der Waals surface area contributed by atoms with Crippen LogP contribution in [0.2, 0.25) is 0 Å². The van der Waals surface area contributed by atoms with Gasteiger partial charge in [0.1, 0.15) is 0 Å². The van der Waals surface area contributed by atoms with Crippen LogP contribution < -0.4 is 11.1 Å². The molecule has 0 aromatic rings. The number of nitrogens with two attached hydrogens (primary N) is 1. The summed E-state index contributed by atoms with van der Waals surface area (Å²) >= 11 is 0. The van der Waals surface area contributed by atoms with Crippen LogP contribution in [0.3, 0.4) is 0 Å². The molecule has 9 heteroatoms. The van der Waals surface area contributed by atoms with E-state index in [4.69, 9.17) is 24.7 Å². The summed E-state index contributed by atoms with van der Waals surface area (Å²) in [6.07, 6.45) is 27.6. The van der Waals surface area contributed by atoms with Crippen molar-refractivity contribution in [3.05, 3.63) is 0 Å². The maximum Gasteiger partial charge on any atom is 0.221 e. The second-order valence-electron chi connectivity index (χ2n) is 29.8. The highest BCUT2D eigenvalue weighted by atomic mass is 16.7. The van der Waals surface area contributed by atoms with Crippen molar-refractivity contribution in [2.45, 2.75) is 226 Å². The highest BCUT2D eigenvalue weighted by molar-refractivity contribution is 5.76. The Balaban J connectivity index is 0.000000153. The van der Waals surface area contributed by atoms with Crippen LogP contribution in [0.4, 0.5) is 0 Å². The molecule has 402 valence electrons. The Hall–Kier alpha value is -0.810. The lowest BCUT2D eigenvalue weighted by atomic mass is 9.44. The topological polar surface area (TPSA) is 98.5 Å². The number of likely N-dealkylation sites (N-methyl/N-ethyl adjacent to an activating group) is 1. The number of amides is 1. The monoisotopic (exact) mass is 985 g/mol. The zero-order valence-electron chi connectivity index (χ0n) is 46.7. The maximum atomic E-state index is 12.9. The van der Waals surface area contributed by atoms with Crippen molar-refractivity contribution in [2.24, 2.45) is 110 Å². The Kier molecular flexibility index (Phi) is 13.4. The molecule has 5 saturated heterocycles. The molecule has 9 nitrogen and oxygen atoms in total. The minimum absolute atomic E-state index is 0.268. The van der Waals surface area contributed by atoms with Crippen LogP contribution in [0, 0.1) is 105 Å². The van der Waals surface area contributed by atoms with E-state index >= 15 is 0 Å². The van der Waals surface area contributed by atoms with Crippen LogP contribution >= 0.6 is 0 Å². The van der Waals surface area contributed by atoms with Crippen molar-refractivity contribution in [1.29, 1.82) is 0 Å². The minimum atomic E-state index is -0.302. The summed E-state index contributed by atoms with van der Waals surface area (Å²) in [5.74, 6) is 10.3. The summed E-state index contributed by atoms with van der Waals surface area (Å²) in [5, 5.41) is 3.49. The SMILES string of the molecule is C[C@H]1CC[C@@]2(OC1)O[C@H]1C[C@H]3[C@@H]4CC[C@@H]5CC(N)CC[C@]5(C)[C@H]4CC[C@]3(C)[C@H]1[C@@H]2C.C[C@H]1CC[C@@]2(OC1)O[C@H]1C[C@H]3[C@@H]4CC[C@@H]5CC(NC(=O)CCN6CCN(C)CC6)CC[C@]5(C)[C@H]4CC[C@]3(C)[C@H]1[C@@H]2C. The molecule has 0 aromatic carbocycles. The van der Waals surface area contributed by atoms with Gasteiger partial charge in [0.05, 0.1) is 25.4 Å². The number of carbonyl (C=O) groups excluding carboxylic acids is 1. The van der Waals surface area contributed by atoms with Gasteiger partial charge in [-0.1, -0.05) is 55.4 Å². The van der Waals surface area contributed by atoms with E-state index in [1.54, 1.807) is 0 Å².